The van der Waals surface area contributed by atoms with E-state index in [0.717, 1.165) is 17.4 Å². The second-order valence-electron chi connectivity index (χ2n) is 3.55. The summed E-state index contributed by atoms with van der Waals surface area (Å²) in [6, 6.07) is 8.04. The summed E-state index contributed by atoms with van der Waals surface area (Å²) in [5.41, 5.74) is 3.70. The zero-order chi connectivity index (χ0) is 10.8. The van der Waals surface area contributed by atoms with Gasteiger partial charge in [0.15, 0.2) is 6.29 Å². The van der Waals surface area contributed by atoms with E-state index in [1.165, 1.54) is 5.56 Å². The lowest BCUT2D eigenvalue weighted by atomic mass is 10.0. The van der Waals surface area contributed by atoms with E-state index in [0.29, 0.717) is 5.69 Å². The molecule has 0 spiro atoms. The molecule has 0 unspecified atom stereocenters. The van der Waals surface area contributed by atoms with Gasteiger partial charge in [-0.3, -0.25) is 9.48 Å². The second kappa shape index (κ2) is 3.69. The highest BCUT2D eigenvalue weighted by atomic mass is 16.1. The van der Waals surface area contributed by atoms with Gasteiger partial charge in [-0.1, -0.05) is 29.8 Å². The highest BCUT2D eigenvalue weighted by Crippen LogP contribution is 2.22. The Kier molecular flexibility index (Phi) is 2.37. The van der Waals surface area contributed by atoms with E-state index in [9.17, 15) is 4.79 Å². The van der Waals surface area contributed by atoms with Crippen molar-refractivity contribution in [1.29, 1.82) is 0 Å². The summed E-state index contributed by atoms with van der Waals surface area (Å²) < 4.78 is 1.59. The predicted octanol–water partition coefficient (Wildman–Crippen LogP) is 2.21. The molecule has 0 aliphatic carbocycles. The Morgan fingerprint density at radius 2 is 2.20 bits per heavy atom. The van der Waals surface area contributed by atoms with Gasteiger partial charge >= 0.3 is 0 Å². The number of hydrogen-bond donors (Lipinski definition) is 0. The first-order chi connectivity index (χ1) is 7.22. The Hall–Kier alpha value is -1.90. The first-order valence-electron chi connectivity index (χ1n) is 4.76. The van der Waals surface area contributed by atoms with Gasteiger partial charge in [0.25, 0.3) is 0 Å². The van der Waals surface area contributed by atoms with Gasteiger partial charge in [-0.25, -0.2) is 0 Å². The van der Waals surface area contributed by atoms with E-state index in [1.54, 1.807) is 17.9 Å². The molecule has 2 rings (SSSR count). The van der Waals surface area contributed by atoms with Crippen molar-refractivity contribution < 1.29 is 4.79 Å². The van der Waals surface area contributed by atoms with Crippen molar-refractivity contribution in [3.63, 3.8) is 0 Å². The summed E-state index contributed by atoms with van der Waals surface area (Å²) in [7, 11) is 1.77. The summed E-state index contributed by atoms with van der Waals surface area (Å²) in [6.45, 7) is 2.03. The van der Waals surface area contributed by atoms with Crippen molar-refractivity contribution in [1.82, 2.24) is 9.78 Å². The molecule has 3 heteroatoms. The summed E-state index contributed by atoms with van der Waals surface area (Å²) in [5.74, 6) is 0. The average molecular weight is 200 g/mol. The second-order valence-corrected chi connectivity index (χ2v) is 3.55. The monoisotopic (exact) mass is 200 g/mol. The molecule has 0 aliphatic rings. The third kappa shape index (κ3) is 1.68. The molecule has 76 valence electrons. The Morgan fingerprint density at radius 1 is 1.40 bits per heavy atom. The van der Waals surface area contributed by atoms with Crippen LogP contribution < -0.4 is 0 Å². The number of aldehydes is 1. The molecule has 1 aromatic heterocycles. The van der Waals surface area contributed by atoms with Crippen LogP contribution in [0.25, 0.3) is 11.1 Å². The fourth-order valence-corrected chi connectivity index (χ4v) is 1.62. The zero-order valence-corrected chi connectivity index (χ0v) is 8.77. The molecule has 0 atom stereocenters. The smallest absolute Gasteiger partial charge is 0.168 e. The molecule has 0 saturated heterocycles. The van der Waals surface area contributed by atoms with Gasteiger partial charge in [0, 0.05) is 12.6 Å². The van der Waals surface area contributed by atoms with Crippen molar-refractivity contribution >= 4 is 6.29 Å². The largest absolute Gasteiger partial charge is 0.296 e. The van der Waals surface area contributed by atoms with Crippen LogP contribution in [0.2, 0.25) is 0 Å². The minimum Gasteiger partial charge on any atom is -0.296 e. The number of carbonyl (C=O) groups is 1. The molecule has 1 aromatic carbocycles. The number of aromatic nitrogens is 2. The zero-order valence-electron chi connectivity index (χ0n) is 8.77. The van der Waals surface area contributed by atoms with Crippen molar-refractivity contribution in [3.05, 3.63) is 41.7 Å². The van der Waals surface area contributed by atoms with Crippen LogP contribution in [0.3, 0.4) is 0 Å². The van der Waals surface area contributed by atoms with E-state index >= 15 is 0 Å². The minimum atomic E-state index is 0.612. The van der Waals surface area contributed by atoms with Crippen molar-refractivity contribution in [2.45, 2.75) is 6.92 Å². The minimum absolute atomic E-state index is 0.612. The molecule has 3 nitrogen and oxygen atoms in total. The van der Waals surface area contributed by atoms with Crippen molar-refractivity contribution in [2.24, 2.45) is 7.05 Å². The van der Waals surface area contributed by atoms with Crippen LogP contribution in [0, 0.1) is 6.92 Å². The van der Waals surface area contributed by atoms with Crippen LogP contribution in [0.1, 0.15) is 16.1 Å². The standard InChI is InChI=1S/C12H12N2O/c1-9-4-3-5-10(6-9)11-7-13-14(2)12(11)8-15/h3-8H,1-2H3. The Bertz CT molecular complexity index is 500. The van der Waals surface area contributed by atoms with Crippen LogP contribution >= 0.6 is 0 Å². The predicted molar refractivity (Wildman–Crippen MR) is 58.8 cm³/mol. The van der Waals surface area contributed by atoms with Crippen molar-refractivity contribution in [2.75, 3.05) is 0 Å². The molecule has 15 heavy (non-hydrogen) atoms. The average Bonchev–Trinajstić information content (AvgIpc) is 2.59. The molecular weight excluding hydrogens is 188 g/mol. The lowest BCUT2D eigenvalue weighted by Crippen LogP contribution is -1.97. The lowest BCUT2D eigenvalue weighted by Gasteiger charge is -2.01. The summed E-state index contributed by atoms with van der Waals surface area (Å²) in [6.07, 6.45) is 2.56. The lowest BCUT2D eigenvalue weighted by molar-refractivity contribution is 0.111. The molecular formula is C12H12N2O. The molecule has 1 heterocycles. The fourth-order valence-electron chi connectivity index (χ4n) is 1.62. The third-order valence-electron chi connectivity index (χ3n) is 2.43. The van der Waals surface area contributed by atoms with Gasteiger partial charge in [0.05, 0.1) is 6.20 Å². The number of rotatable bonds is 2. The number of nitrogens with zero attached hydrogens (tertiary/aromatic N) is 2. The van der Waals surface area contributed by atoms with E-state index in [1.807, 2.05) is 31.2 Å². The van der Waals surface area contributed by atoms with Gasteiger partial charge < -0.3 is 0 Å². The molecule has 0 bridgehead atoms. The maximum atomic E-state index is 10.9. The van der Waals surface area contributed by atoms with Gasteiger partial charge in [0.2, 0.25) is 0 Å². The first-order valence-corrected chi connectivity index (χ1v) is 4.76. The van der Waals surface area contributed by atoms with Crippen molar-refractivity contribution in [3.8, 4) is 11.1 Å². The Balaban J connectivity index is 2.58. The molecule has 0 radical (unpaired) electrons. The third-order valence-corrected chi connectivity index (χ3v) is 2.43. The van der Waals surface area contributed by atoms with Crippen LogP contribution in [-0.2, 0) is 7.05 Å². The van der Waals surface area contributed by atoms with Crippen LogP contribution in [0.4, 0.5) is 0 Å². The highest BCUT2D eigenvalue weighted by molar-refractivity contribution is 5.85. The molecule has 0 amide bonds. The highest BCUT2D eigenvalue weighted by Gasteiger charge is 2.09. The van der Waals surface area contributed by atoms with Gasteiger partial charge in [-0.15, -0.1) is 0 Å². The number of carbonyl (C=O) groups excluding carboxylic acids is 1. The van der Waals surface area contributed by atoms with Crippen LogP contribution in [0.5, 0.6) is 0 Å². The fraction of sp³-hybridized carbons (Fsp3) is 0.167. The first kappa shape index (κ1) is 9.65. The number of benzene rings is 1. The van der Waals surface area contributed by atoms with Crippen LogP contribution in [-0.4, -0.2) is 16.1 Å². The maximum Gasteiger partial charge on any atom is 0.168 e. The van der Waals surface area contributed by atoms with Gasteiger partial charge in [-0.2, -0.15) is 5.10 Å². The quantitative estimate of drug-likeness (QED) is 0.696. The van der Waals surface area contributed by atoms with E-state index in [-0.39, 0.29) is 0 Å². The Morgan fingerprint density at radius 3 is 2.87 bits per heavy atom. The van der Waals surface area contributed by atoms with E-state index < -0.39 is 0 Å². The SMILES string of the molecule is Cc1cccc(-c2cnn(C)c2C=O)c1. The molecule has 0 fully saturated rings. The van der Waals surface area contributed by atoms with E-state index in [2.05, 4.69) is 5.10 Å². The normalized spacial score (nSPS) is 10.3. The molecule has 2 aromatic rings. The summed E-state index contributed by atoms with van der Waals surface area (Å²) in [4.78, 5) is 10.9. The number of aryl methyl sites for hydroxylation is 2. The molecule has 0 N–H and O–H groups in total. The van der Waals surface area contributed by atoms with Gasteiger partial charge in [0.1, 0.15) is 5.69 Å². The molecule has 0 aliphatic heterocycles. The summed E-state index contributed by atoms with van der Waals surface area (Å²) in [5, 5.41) is 4.08. The number of hydrogen-bond acceptors (Lipinski definition) is 2. The van der Waals surface area contributed by atoms with E-state index in [4.69, 9.17) is 0 Å². The topological polar surface area (TPSA) is 34.9 Å². The Labute approximate surface area is 88.4 Å². The maximum absolute atomic E-state index is 10.9. The van der Waals surface area contributed by atoms with Gasteiger partial charge in [-0.05, 0) is 12.5 Å². The molecule has 0 saturated carbocycles. The summed E-state index contributed by atoms with van der Waals surface area (Å²) >= 11 is 0. The van der Waals surface area contributed by atoms with Crippen LogP contribution in [0.15, 0.2) is 30.5 Å².